The van der Waals surface area contributed by atoms with Crippen molar-refractivity contribution in [2.24, 2.45) is 10.5 Å². The Morgan fingerprint density at radius 2 is 2.07 bits per heavy atom. The van der Waals surface area contributed by atoms with Gasteiger partial charge < -0.3 is 5.11 Å². The number of hydrogen-bond acceptors (Lipinski definition) is 4. The molecule has 1 aliphatic carbocycles. The first-order valence-corrected chi connectivity index (χ1v) is 8.81. The molecule has 0 bridgehead atoms. The van der Waals surface area contributed by atoms with Crippen molar-refractivity contribution >= 4 is 18.1 Å². The summed E-state index contributed by atoms with van der Waals surface area (Å²) >= 11 is 0. The molecule has 7 heteroatoms. The largest absolute Gasteiger partial charge is 0.480 e. The number of carbonyl (C=O) groups is 2. The third-order valence-electron chi connectivity index (χ3n) is 5.02. The van der Waals surface area contributed by atoms with E-state index in [0.29, 0.717) is 17.5 Å². The summed E-state index contributed by atoms with van der Waals surface area (Å²) in [5.74, 6) is -3.00. The second kappa shape index (κ2) is 8.12. The molecule has 1 aromatic carbocycles. The minimum atomic E-state index is -1.73. The molecule has 0 saturated carbocycles. The van der Waals surface area contributed by atoms with Gasteiger partial charge in [-0.15, -0.1) is 0 Å². The number of aromatic nitrogens is 1. The van der Waals surface area contributed by atoms with Gasteiger partial charge >= 0.3 is 5.97 Å². The molecule has 2 atom stereocenters. The molecule has 3 rings (SSSR count). The van der Waals surface area contributed by atoms with Crippen LogP contribution >= 0.6 is 0 Å². The number of carboxylic acids is 1. The van der Waals surface area contributed by atoms with Gasteiger partial charge in [0.2, 0.25) is 0 Å². The average Bonchev–Trinajstić information content (AvgIpc) is 2.69. The predicted molar refractivity (Wildman–Crippen MR) is 102 cm³/mol. The fraction of sp³-hybridized carbons (Fsp3) is 0.238. The van der Waals surface area contributed by atoms with E-state index < -0.39 is 29.0 Å². The number of rotatable bonds is 5. The molecule has 1 amide bonds. The lowest BCUT2D eigenvalue weighted by molar-refractivity contribution is -0.158. The molecule has 28 heavy (non-hydrogen) atoms. The number of allylic oxidation sites excluding steroid dienone is 2. The first-order chi connectivity index (χ1) is 13.4. The molecule has 144 valence electrons. The number of carbonyl (C=O) groups excluding carboxylic acids is 1. The Balaban J connectivity index is 1.93. The predicted octanol–water partition coefficient (Wildman–Crippen LogP) is 3.27. The first kappa shape index (κ1) is 19.4. The number of benzene rings is 1. The molecule has 6 nitrogen and oxygen atoms in total. The number of carboxylic acid groups (broad SMARTS) is 1. The van der Waals surface area contributed by atoms with Crippen molar-refractivity contribution in [2.45, 2.75) is 25.7 Å². The molecular weight excluding hydrogens is 361 g/mol. The molecule has 0 fully saturated rings. The number of nitrogens with zero attached hydrogens (tertiary/aromatic N) is 2. The molecule has 0 radical (unpaired) electrons. The molecule has 2 aromatic rings. The number of hydrogen-bond donors (Lipinski definition) is 2. The number of nitrogens with one attached hydrogen (secondary N) is 1. The summed E-state index contributed by atoms with van der Waals surface area (Å²) in [5, 5.41) is 13.9. The van der Waals surface area contributed by atoms with E-state index in [-0.39, 0.29) is 6.42 Å². The van der Waals surface area contributed by atoms with Crippen LogP contribution in [0.3, 0.4) is 0 Å². The standard InChI is InChI=1S/C21H20FN3O3/c1-14-8-9-21(20(27)28,18(11-14)16-4-6-17(22)7-5-16)19(26)25-24-13-15-3-2-10-23-12-15/h2-8,10,12-13,18H,9,11H2,1H3,(H,25,26)(H,27,28). The van der Waals surface area contributed by atoms with E-state index in [4.69, 9.17) is 0 Å². The average molecular weight is 381 g/mol. The van der Waals surface area contributed by atoms with Crippen molar-refractivity contribution in [3.8, 4) is 0 Å². The van der Waals surface area contributed by atoms with E-state index >= 15 is 0 Å². The van der Waals surface area contributed by atoms with Crippen molar-refractivity contribution in [2.75, 3.05) is 0 Å². The van der Waals surface area contributed by atoms with Crippen LogP contribution in [0.15, 0.2) is 65.5 Å². The lowest BCUT2D eigenvalue weighted by Gasteiger charge is -2.38. The van der Waals surface area contributed by atoms with Crippen molar-refractivity contribution in [1.82, 2.24) is 10.4 Å². The smallest absolute Gasteiger partial charge is 0.320 e. The monoisotopic (exact) mass is 381 g/mol. The topological polar surface area (TPSA) is 91.6 Å². The summed E-state index contributed by atoms with van der Waals surface area (Å²) in [5.41, 5.74) is 2.89. The minimum Gasteiger partial charge on any atom is -0.480 e. The van der Waals surface area contributed by atoms with Gasteiger partial charge in [0, 0.05) is 23.9 Å². The van der Waals surface area contributed by atoms with Crippen LogP contribution in [0, 0.1) is 11.2 Å². The molecule has 1 aromatic heterocycles. The summed E-state index contributed by atoms with van der Waals surface area (Å²) in [6.07, 6.45) is 6.76. The van der Waals surface area contributed by atoms with Crippen LogP contribution in [0.4, 0.5) is 4.39 Å². The SMILES string of the molecule is CC1=CCC(C(=O)O)(C(=O)NN=Cc2cccnc2)C(c2ccc(F)cc2)C1. The highest BCUT2D eigenvalue weighted by Gasteiger charge is 2.53. The van der Waals surface area contributed by atoms with Crippen LogP contribution in [-0.4, -0.2) is 28.2 Å². The van der Waals surface area contributed by atoms with E-state index in [9.17, 15) is 19.1 Å². The summed E-state index contributed by atoms with van der Waals surface area (Å²) in [6.45, 7) is 1.89. The molecule has 0 saturated heterocycles. The highest BCUT2D eigenvalue weighted by molar-refractivity contribution is 6.03. The summed E-state index contributed by atoms with van der Waals surface area (Å²) < 4.78 is 13.3. The Bertz CT molecular complexity index is 926. The molecule has 1 aliphatic rings. The quantitative estimate of drug-likeness (QED) is 0.360. The Kier molecular flexibility index (Phi) is 5.63. The van der Waals surface area contributed by atoms with Gasteiger partial charge in [-0.25, -0.2) is 9.82 Å². The summed E-state index contributed by atoms with van der Waals surface area (Å²) in [7, 11) is 0. The molecular formula is C21H20FN3O3. The van der Waals surface area contributed by atoms with Crippen LogP contribution in [0.1, 0.15) is 36.8 Å². The van der Waals surface area contributed by atoms with Crippen LogP contribution in [0.2, 0.25) is 0 Å². The molecule has 0 spiro atoms. The molecule has 2 unspecified atom stereocenters. The maximum Gasteiger partial charge on any atom is 0.320 e. The van der Waals surface area contributed by atoms with Gasteiger partial charge in [-0.3, -0.25) is 14.6 Å². The van der Waals surface area contributed by atoms with E-state index in [2.05, 4.69) is 15.5 Å². The normalized spacial score (nSPS) is 21.9. The van der Waals surface area contributed by atoms with E-state index in [1.165, 1.54) is 30.5 Å². The first-order valence-electron chi connectivity index (χ1n) is 8.81. The van der Waals surface area contributed by atoms with Gasteiger partial charge in [0.15, 0.2) is 5.41 Å². The summed E-state index contributed by atoms with van der Waals surface area (Å²) in [4.78, 5) is 29.2. The highest BCUT2D eigenvalue weighted by atomic mass is 19.1. The van der Waals surface area contributed by atoms with E-state index in [1.807, 2.05) is 6.92 Å². The zero-order valence-corrected chi connectivity index (χ0v) is 15.3. The van der Waals surface area contributed by atoms with Gasteiger partial charge in [0.05, 0.1) is 6.21 Å². The van der Waals surface area contributed by atoms with E-state index in [1.54, 1.807) is 30.6 Å². The van der Waals surface area contributed by atoms with Crippen LogP contribution in [0.25, 0.3) is 0 Å². The van der Waals surface area contributed by atoms with Gasteiger partial charge in [0.1, 0.15) is 5.82 Å². The van der Waals surface area contributed by atoms with Crippen molar-refractivity contribution < 1.29 is 19.1 Å². The van der Waals surface area contributed by atoms with Gasteiger partial charge in [-0.1, -0.05) is 29.8 Å². The van der Waals surface area contributed by atoms with Crippen LogP contribution < -0.4 is 5.43 Å². The maximum atomic E-state index is 13.3. The third-order valence-corrected chi connectivity index (χ3v) is 5.02. The number of halogens is 1. The zero-order chi connectivity index (χ0) is 20.1. The molecule has 2 N–H and O–H groups in total. The number of pyridine rings is 1. The highest BCUT2D eigenvalue weighted by Crippen LogP contribution is 2.47. The Labute approximate surface area is 161 Å². The summed E-state index contributed by atoms with van der Waals surface area (Å²) in [6, 6.07) is 9.08. The van der Waals surface area contributed by atoms with Gasteiger partial charge in [0.25, 0.3) is 5.91 Å². The second-order valence-electron chi connectivity index (χ2n) is 6.82. The van der Waals surface area contributed by atoms with Crippen molar-refractivity contribution in [3.63, 3.8) is 0 Å². The molecule has 1 heterocycles. The van der Waals surface area contributed by atoms with Crippen LogP contribution in [-0.2, 0) is 9.59 Å². The number of aliphatic carboxylic acids is 1. The van der Waals surface area contributed by atoms with Gasteiger partial charge in [-0.2, -0.15) is 5.10 Å². The third kappa shape index (κ3) is 3.83. The van der Waals surface area contributed by atoms with Crippen LogP contribution in [0.5, 0.6) is 0 Å². The number of hydrazone groups is 1. The number of amides is 1. The van der Waals surface area contributed by atoms with Crippen molar-refractivity contribution in [3.05, 3.63) is 77.4 Å². The lowest BCUT2D eigenvalue weighted by Crippen LogP contribution is -2.50. The zero-order valence-electron chi connectivity index (χ0n) is 15.3. The Hall–Kier alpha value is -3.35. The second-order valence-corrected chi connectivity index (χ2v) is 6.82. The Morgan fingerprint density at radius 3 is 2.71 bits per heavy atom. The van der Waals surface area contributed by atoms with E-state index in [0.717, 1.165) is 5.57 Å². The molecule has 0 aliphatic heterocycles. The fourth-order valence-corrected chi connectivity index (χ4v) is 3.46. The van der Waals surface area contributed by atoms with Crippen molar-refractivity contribution in [1.29, 1.82) is 0 Å². The Morgan fingerprint density at radius 1 is 1.32 bits per heavy atom. The van der Waals surface area contributed by atoms with Gasteiger partial charge in [-0.05, 0) is 43.5 Å². The lowest BCUT2D eigenvalue weighted by atomic mass is 9.64. The fourth-order valence-electron chi connectivity index (χ4n) is 3.46. The minimum absolute atomic E-state index is 0.0322. The maximum absolute atomic E-state index is 13.3.